The third kappa shape index (κ3) is 2.01. The van der Waals surface area contributed by atoms with Crippen LogP contribution in [-0.4, -0.2) is 32.6 Å². The van der Waals surface area contributed by atoms with Crippen LogP contribution in [0.15, 0.2) is 0 Å². The van der Waals surface area contributed by atoms with Crippen LogP contribution in [0, 0.1) is 5.92 Å². The van der Waals surface area contributed by atoms with Crippen molar-refractivity contribution in [2.75, 3.05) is 20.8 Å². The number of hydrogen-bond donors (Lipinski definition) is 1. The highest BCUT2D eigenvalue weighted by Gasteiger charge is 2.32. The predicted molar refractivity (Wildman–Crippen MR) is 42.5 cm³/mol. The average molecular weight is 157 g/mol. The number of Topliss-reactive ketones (excluding diaryl/α,β-unsaturated/α-hetero) is 1. The van der Waals surface area contributed by atoms with Gasteiger partial charge in [0.2, 0.25) is 0 Å². The van der Waals surface area contributed by atoms with Crippen molar-refractivity contribution in [3.8, 4) is 0 Å². The first kappa shape index (κ1) is 8.68. The van der Waals surface area contributed by atoms with E-state index >= 15 is 0 Å². The summed E-state index contributed by atoms with van der Waals surface area (Å²) >= 11 is 0. The third-order valence-corrected chi connectivity index (χ3v) is 2.29. The molecule has 3 nitrogen and oxygen atoms in total. The molecular formula is C8H15NO2. The van der Waals surface area contributed by atoms with E-state index in [0.717, 1.165) is 12.8 Å². The van der Waals surface area contributed by atoms with Gasteiger partial charge in [0.15, 0.2) is 5.78 Å². The molecule has 1 fully saturated rings. The van der Waals surface area contributed by atoms with Gasteiger partial charge in [-0.05, 0) is 19.9 Å². The van der Waals surface area contributed by atoms with Gasteiger partial charge >= 0.3 is 0 Å². The first-order valence-corrected chi connectivity index (χ1v) is 3.96. The van der Waals surface area contributed by atoms with Crippen LogP contribution in [0.3, 0.4) is 0 Å². The second-order valence-corrected chi connectivity index (χ2v) is 3.05. The molecule has 64 valence electrons. The van der Waals surface area contributed by atoms with Crippen molar-refractivity contribution < 1.29 is 9.53 Å². The summed E-state index contributed by atoms with van der Waals surface area (Å²) in [4.78, 5) is 11.1. The Hall–Kier alpha value is -0.410. The Kier molecular flexibility index (Phi) is 3.02. The lowest BCUT2D eigenvalue weighted by molar-refractivity contribution is -0.129. The van der Waals surface area contributed by atoms with Gasteiger partial charge in [-0.2, -0.15) is 0 Å². The number of methoxy groups -OCH3 is 1. The highest BCUT2D eigenvalue weighted by Crippen LogP contribution is 2.27. The molecule has 11 heavy (non-hydrogen) atoms. The predicted octanol–water partition coefficient (Wildman–Crippen LogP) is 0.200. The van der Waals surface area contributed by atoms with Gasteiger partial charge in [-0.25, -0.2) is 0 Å². The van der Waals surface area contributed by atoms with E-state index in [0.29, 0.717) is 6.04 Å². The van der Waals surface area contributed by atoms with Crippen LogP contribution in [0.4, 0.5) is 0 Å². The summed E-state index contributed by atoms with van der Waals surface area (Å²) in [7, 11) is 3.49. The Bertz CT molecular complexity index is 141. The van der Waals surface area contributed by atoms with Gasteiger partial charge in [-0.3, -0.25) is 4.79 Å². The minimum atomic E-state index is 0.249. The van der Waals surface area contributed by atoms with Gasteiger partial charge in [0.25, 0.3) is 0 Å². The minimum absolute atomic E-state index is 0.249. The van der Waals surface area contributed by atoms with Gasteiger partial charge in [0.1, 0.15) is 6.61 Å². The quantitative estimate of drug-likeness (QED) is 0.633. The molecular weight excluding hydrogens is 142 g/mol. The summed E-state index contributed by atoms with van der Waals surface area (Å²) in [5.74, 6) is 0.506. The van der Waals surface area contributed by atoms with E-state index in [9.17, 15) is 4.79 Å². The first-order chi connectivity index (χ1) is 5.27. The average Bonchev–Trinajstić information content (AvgIpc) is 1.86. The van der Waals surface area contributed by atoms with Crippen molar-refractivity contribution in [2.45, 2.75) is 18.9 Å². The standard InChI is InChI=1S/C8H15NO2/c1-9-7-3-6(4-7)8(10)5-11-2/h6-7,9H,3-5H2,1-2H3. The summed E-state index contributed by atoms with van der Waals surface area (Å²) < 4.78 is 4.76. The van der Waals surface area contributed by atoms with Gasteiger partial charge in [0.05, 0.1) is 0 Å². The fourth-order valence-corrected chi connectivity index (χ4v) is 1.38. The second kappa shape index (κ2) is 3.83. The molecule has 1 N–H and O–H groups in total. The van der Waals surface area contributed by atoms with Crippen molar-refractivity contribution in [1.82, 2.24) is 5.32 Å². The normalized spacial score (nSPS) is 29.6. The molecule has 0 aromatic heterocycles. The lowest BCUT2D eigenvalue weighted by Crippen LogP contribution is -2.43. The molecule has 0 unspecified atom stereocenters. The van der Waals surface area contributed by atoms with Crippen molar-refractivity contribution >= 4 is 5.78 Å². The molecule has 0 radical (unpaired) electrons. The van der Waals surface area contributed by atoms with E-state index in [1.54, 1.807) is 7.11 Å². The van der Waals surface area contributed by atoms with Crippen LogP contribution in [0.25, 0.3) is 0 Å². The number of nitrogens with one attached hydrogen (secondary N) is 1. The molecule has 1 aliphatic carbocycles. The van der Waals surface area contributed by atoms with E-state index in [2.05, 4.69) is 5.32 Å². The fourth-order valence-electron chi connectivity index (χ4n) is 1.38. The van der Waals surface area contributed by atoms with Gasteiger partial charge in [0, 0.05) is 19.1 Å². The maximum atomic E-state index is 11.1. The van der Waals surface area contributed by atoms with Crippen LogP contribution in [0.1, 0.15) is 12.8 Å². The van der Waals surface area contributed by atoms with Crippen molar-refractivity contribution in [3.63, 3.8) is 0 Å². The van der Waals surface area contributed by atoms with Crippen molar-refractivity contribution in [2.24, 2.45) is 5.92 Å². The molecule has 1 rings (SSSR count). The maximum Gasteiger partial charge on any atom is 0.161 e. The molecule has 0 amide bonds. The second-order valence-electron chi connectivity index (χ2n) is 3.05. The summed E-state index contributed by atoms with van der Waals surface area (Å²) in [5, 5.41) is 3.14. The molecule has 0 aliphatic heterocycles. The number of hydrogen-bond acceptors (Lipinski definition) is 3. The number of ketones is 1. The topological polar surface area (TPSA) is 38.3 Å². The zero-order chi connectivity index (χ0) is 8.27. The summed E-state index contributed by atoms with van der Waals surface area (Å²) in [5.41, 5.74) is 0. The number of carbonyl (C=O) groups excluding carboxylic acids is 1. The summed E-state index contributed by atoms with van der Waals surface area (Å²) in [6.07, 6.45) is 1.97. The molecule has 1 saturated carbocycles. The zero-order valence-corrected chi connectivity index (χ0v) is 7.09. The van der Waals surface area contributed by atoms with E-state index in [1.807, 2.05) is 7.05 Å². The van der Waals surface area contributed by atoms with Gasteiger partial charge in [-0.15, -0.1) is 0 Å². The highest BCUT2D eigenvalue weighted by molar-refractivity contribution is 5.83. The smallest absolute Gasteiger partial charge is 0.161 e. The van der Waals surface area contributed by atoms with Crippen molar-refractivity contribution in [1.29, 1.82) is 0 Å². The Morgan fingerprint density at radius 1 is 1.64 bits per heavy atom. The fraction of sp³-hybridized carbons (Fsp3) is 0.875. The molecule has 1 aliphatic rings. The molecule has 0 bridgehead atoms. The largest absolute Gasteiger partial charge is 0.377 e. The Balaban J connectivity index is 2.16. The molecule has 0 spiro atoms. The molecule has 0 heterocycles. The van der Waals surface area contributed by atoms with Crippen LogP contribution < -0.4 is 5.32 Å². The van der Waals surface area contributed by atoms with Gasteiger partial charge < -0.3 is 10.1 Å². The molecule has 3 heteroatoms. The maximum absolute atomic E-state index is 11.1. The van der Waals surface area contributed by atoms with Crippen LogP contribution >= 0.6 is 0 Å². The molecule has 0 atom stereocenters. The van der Waals surface area contributed by atoms with Crippen LogP contribution in [0.5, 0.6) is 0 Å². The number of ether oxygens (including phenoxy) is 1. The minimum Gasteiger partial charge on any atom is -0.377 e. The number of rotatable bonds is 4. The van der Waals surface area contributed by atoms with E-state index in [-0.39, 0.29) is 18.3 Å². The Labute approximate surface area is 67.1 Å². The SMILES string of the molecule is CNC1CC(C(=O)COC)C1. The Morgan fingerprint density at radius 2 is 2.27 bits per heavy atom. The Morgan fingerprint density at radius 3 is 2.73 bits per heavy atom. The van der Waals surface area contributed by atoms with Gasteiger partial charge in [-0.1, -0.05) is 0 Å². The first-order valence-electron chi connectivity index (χ1n) is 3.96. The van der Waals surface area contributed by atoms with E-state index in [1.165, 1.54) is 0 Å². The highest BCUT2D eigenvalue weighted by atomic mass is 16.5. The summed E-state index contributed by atoms with van der Waals surface area (Å²) in [6.45, 7) is 0.279. The molecule has 0 aromatic carbocycles. The lowest BCUT2D eigenvalue weighted by Gasteiger charge is -2.33. The monoisotopic (exact) mass is 157 g/mol. The van der Waals surface area contributed by atoms with E-state index in [4.69, 9.17) is 4.74 Å². The zero-order valence-electron chi connectivity index (χ0n) is 7.09. The van der Waals surface area contributed by atoms with Crippen molar-refractivity contribution in [3.05, 3.63) is 0 Å². The molecule has 0 saturated heterocycles. The third-order valence-electron chi connectivity index (χ3n) is 2.29. The van der Waals surface area contributed by atoms with E-state index < -0.39 is 0 Å². The number of carbonyl (C=O) groups is 1. The summed E-state index contributed by atoms with van der Waals surface area (Å²) in [6, 6.07) is 0.556. The van der Waals surface area contributed by atoms with Crippen LogP contribution in [-0.2, 0) is 9.53 Å². The van der Waals surface area contributed by atoms with Crippen LogP contribution in [0.2, 0.25) is 0 Å². The lowest BCUT2D eigenvalue weighted by atomic mass is 9.78. The molecule has 0 aromatic rings.